The molecule has 0 saturated heterocycles. The minimum absolute atomic E-state index is 0.0161. The number of rotatable bonds is 6. The number of aromatic nitrogens is 3. The van der Waals surface area contributed by atoms with Gasteiger partial charge in [-0.2, -0.15) is 5.10 Å². The Morgan fingerprint density at radius 3 is 2.76 bits per heavy atom. The van der Waals surface area contributed by atoms with Crippen LogP contribution >= 0.6 is 11.6 Å². The average Bonchev–Trinajstić information content (AvgIpc) is 3.31. The molecule has 1 aromatic carbocycles. The summed E-state index contributed by atoms with van der Waals surface area (Å²) in [5.41, 5.74) is 2.84. The van der Waals surface area contributed by atoms with Crippen molar-refractivity contribution in [3.05, 3.63) is 59.2 Å². The summed E-state index contributed by atoms with van der Waals surface area (Å²) in [4.78, 5) is 26.4. The van der Waals surface area contributed by atoms with E-state index in [1.807, 2.05) is 60.3 Å². The summed E-state index contributed by atoms with van der Waals surface area (Å²) in [6.45, 7) is 1.00. The fourth-order valence-corrected chi connectivity index (χ4v) is 3.60. The second-order valence-corrected chi connectivity index (χ2v) is 7.51. The van der Waals surface area contributed by atoms with Gasteiger partial charge in [0.05, 0.1) is 12.2 Å². The van der Waals surface area contributed by atoms with Crippen molar-refractivity contribution < 1.29 is 9.59 Å². The van der Waals surface area contributed by atoms with E-state index in [1.54, 1.807) is 4.68 Å². The van der Waals surface area contributed by atoms with Crippen LogP contribution in [0.4, 0.5) is 5.82 Å². The highest BCUT2D eigenvalue weighted by Gasteiger charge is 2.28. The normalized spacial score (nSPS) is 13.4. The Hall–Kier alpha value is -3.06. The number of hydrogen-bond donors (Lipinski definition) is 1. The largest absolute Gasteiger partial charge is 0.354 e. The molecule has 0 saturated carbocycles. The Bertz CT molecular complexity index is 1040. The summed E-state index contributed by atoms with van der Waals surface area (Å²) in [6, 6.07) is 13.3. The van der Waals surface area contributed by atoms with E-state index < -0.39 is 0 Å². The van der Waals surface area contributed by atoms with E-state index in [-0.39, 0.29) is 18.4 Å². The van der Waals surface area contributed by atoms with Gasteiger partial charge in [0.1, 0.15) is 18.1 Å². The zero-order valence-corrected chi connectivity index (χ0v) is 16.9. The molecule has 7 nitrogen and oxygen atoms in total. The number of carbonyl (C=O) groups is 2. The standard InChI is InChI=1S/C21H22ClN5O2/c1-25-11-2-3-18(25)17-13-20-26(21(29)9-12-27(20)24-17)14-19(28)23-10-8-15-4-6-16(22)7-5-15/h2-7,11,13H,8-10,12,14H2,1H3,(H,23,28). The maximum Gasteiger partial charge on any atom is 0.240 e. The molecule has 2 amide bonds. The molecule has 8 heteroatoms. The number of aryl methyl sites for hydroxylation is 2. The molecule has 2 aromatic heterocycles. The molecular formula is C21H22ClN5O2. The molecule has 3 aromatic rings. The van der Waals surface area contributed by atoms with E-state index in [0.717, 1.165) is 17.0 Å². The van der Waals surface area contributed by atoms with Gasteiger partial charge in [-0.1, -0.05) is 23.7 Å². The topological polar surface area (TPSA) is 72.2 Å². The first-order valence-electron chi connectivity index (χ1n) is 9.52. The fraction of sp³-hybridized carbons (Fsp3) is 0.286. The molecule has 0 atom stereocenters. The lowest BCUT2D eigenvalue weighted by molar-refractivity contribution is -0.124. The highest BCUT2D eigenvalue weighted by atomic mass is 35.5. The summed E-state index contributed by atoms with van der Waals surface area (Å²) in [6.07, 6.45) is 2.98. The molecule has 0 fully saturated rings. The molecule has 0 bridgehead atoms. The minimum Gasteiger partial charge on any atom is -0.354 e. The van der Waals surface area contributed by atoms with Crippen LogP contribution in [0, 0.1) is 0 Å². The number of nitrogens with zero attached hydrogens (tertiary/aromatic N) is 4. The van der Waals surface area contributed by atoms with Crippen LogP contribution in [0.15, 0.2) is 48.7 Å². The highest BCUT2D eigenvalue weighted by Crippen LogP contribution is 2.27. The van der Waals surface area contributed by atoms with Gasteiger partial charge in [-0.05, 0) is 36.2 Å². The van der Waals surface area contributed by atoms with Crippen molar-refractivity contribution in [3.8, 4) is 11.4 Å². The predicted octanol–water partition coefficient (Wildman–Crippen LogP) is 2.64. The molecule has 0 aliphatic carbocycles. The van der Waals surface area contributed by atoms with Crippen molar-refractivity contribution in [3.63, 3.8) is 0 Å². The third-order valence-electron chi connectivity index (χ3n) is 5.03. The van der Waals surface area contributed by atoms with Crippen LogP contribution in [-0.4, -0.2) is 39.3 Å². The van der Waals surface area contributed by atoms with Gasteiger partial charge in [0.25, 0.3) is 0 Å². The number of hydrogen-bond acceptors (Lipinski definition) is 3. The minimum atomic E-state index is -0.192. The van der Waals surface area contributed by atoms with Crippen molar-refractivity contribution in [2.45, 2.75) is 19.4 Å². The first-order chi connectivity index (χ1) is 14.0. The summed E-state index contributed by atoms with van der Waals surface area (Å²) >= 11 is 5.89. The number of benzene rings is 1. The number of nitrogens with one attached hydrogen (secondary N) is 1. The van der Waals surface area contributed by atoms with Crippen molar-refractivity contribution >= 4 is 29.2 Å². The maximum atomic E-state index is 12.5. The van der Waals surface area contributed by atoms with Crippen LogP contribution in [0.1, 0.15) is 12.0 Å². The smallest absolute Gasteiger partial charge is 0.240 e. The van der Waals surface area contributed by atoms with E-state index >= 15 is 0 Å². The van der Waals surface area contributed by atoms with Crippen molar-refractivity contribution in [2.75, 3.05) is 18.0 Å². The third kappa shape index (κ3) is 4.19. The molecule has 150 valence electrons. The number of fused-ring (bicyclic) bond motifs is 1. The van der Waals surface area contributed by atoms with Gasteiger partial charge in [0, 0.05) is 37.3 Å². The van der Waals surface area contributed by atoms with Gasteiger partial charge in [0.15, 0.2) is 0 Å². The third-order valence-corrected chi connectivity index (χ3v) is 5.28. The van der Waals surface area contributed by atoms with E-state index in [0.29, 0.717) is 36.8 Å². The SMILES string of the molecule is Cn1cccc1-c1cc2n(n1)CCC(=O)N2CC(=O)NCCc1ccc(Cl)cc1. The predicted molar refractivity (Wildman–Crippen MR) is 112 cm³/mol. The summed E-state index contributed by atoms with van der Waals surface area (Å²) in [5, 5.41) is 8.19. The lowest BCUT2D eigenvalue weighted by Crippen LogP contribution is -2.44. The Kier molecular flexibility index (Phi) is 5.40. The maximum absolute atomic E-state index is 12.5. The van der Waals surface area contributed by atoms with Gasteiger partial charge in [-0.15, -0.1) is 0 Å². The first-order valence-corrected chi connectivity index (χ1v) is 9.90. The fourth-order valence-electron chi connectivity index (χ4n) is 3.47. The summed E-state index contributed by atoms with van der Waals surface area (Å²) in [5.74, 6) is 0.399. The Morgan fingerprint density at radius 1 is 1.24 bits per heavy atom. The molecule has 3 heterocycles. The van der Waals surface area contributed by atoms with Crippen LogP contribution < -0.4 is 10.2 Å². The zero-order valence-electron chi connectivity index (χ0n) is 16.1. The lowest BCUT2D eigenvalue weighted by Gasteiger charge is -2.26. The monoisotopic (exact) mass is 411 g/mol. The van der Waals surface area contributed by atoms with Gasteiger partial charge in [-0.25, -0.2) is 4.68 Å². The lowest BCUT2D eigenvalue weighted by atomic mass is 10.1. The molecule has 0 spiro atoms. The molecular weight excluding hydrogens is 390 g/mol. The molecule has 4 rings (SSSR count). The van der Waals surface area contributed by atoms with Gasteiger partial charge >= 0.3 is 0 Å². The molecule has 1 N–H and O–H groups in total. The molecule has 0 unspecified atom stereocenters. The van der Waals surface area contributed by atoms with Crippen molar-refractivity contribution in [1.82, 2.24) is 19.7 Å². The Morgan fingerprint density at radius 2 is 2.03 bits per heavy atom. The van der Waals surface area contributed by atoms with Crippen molar-refractivity contribution in [2.24, 2.45) is 7.05 Å². The van der Waals surface area contributed by atoms with Gasteiger partial charge < -0.3 is 9.88 Å². The highest BCUT2D eigenvalue weighted by molar-refractivity contribution is 6.30. The number of halogens is 1. The van der Waals surface area contributed by atoms with Gasteiger partial charge in [0.2, 0.25) is 11.8 Å². The van der Waals surface area contributed by atoms with Crippen LogP contribution in [0.5, 0.6) is 0 Å². The van der Waals surface area contributed by atoms with Crippen LogP contribution in [0.25, 0.3) is 11.4 Å². The number of anilines is 1. The van der Waals surface area contributed by atoms with E-state index in [1.165, 1.54) is 4.90 Å². The first kappa shape index (κ1) is 19.3. The van der Waals surface area contributed by atoms with E-state index in [2.05, 4.69) is 10.4 Å². The summed E-state index contributed by atoms with van der Waals surface area (Å²) in [7, 11) is 1.95. The van der Waals surface area contributed by atoms with E-state index in [4.69, 9.17) is 11.6 Å². The van der Waals surface area contributed by atoms with Crippen molar-refractivity contribution in [1.29, 1.82) is 0 Å². The molecule has 1 aliphatic rings. The Labute approximate surface area is 173 Å². The number of amides is 2. The Balaban J connectivity index is 1.41. The van der Waals surface area contributed by atoms with Crippen LogP contribution in [0.2, 0.25) is 5.02 Å². The van der Waals surface area contributed by atoms with Crippen LogP contribution in [0.3, 0.4) is 0 Å². The molecule has 29 heavy (non-hydrogen) atoms. The summed E-state index contributed by atoms with van der Waals surface area (Å²) < 4.78 is 3.77. The number of carbonyl (C=O) groups excluding carboxylic acids is 2. The van der Waals surface area contributed by atoms with E-state index in [9.17, 15) is 9.59 Å². The second kappa shape index (κ2) is 8.13. The average molecular weight is 412 g/mol. The molecule has 1 aliphatic heterocycles. The quantitative estimate of drug-likeness (QED) is 0.677. The van der Waals surface area contributed by atoms with Gasteiger partial charge in [-0.3, -0.25) is 14.5 Å². The second-order valence-electron chi connectivity index (χ2n) is 7.07. The van der Waals surface area contributed by atoms with Crippen LogP contribution in [-0.2, 0) is 29.6 Å². The molecule has 0 radical (unpaired) electrons. The zero-order chi connectivity index (χ0) is 20.4.